The van der Waals surface area contributed by atoms with Gasteiger partial charge in [-0.25, -0.2) is 5.43 Å². The molecule has 0 aliphatic carbocycles. The maximum Gasteiger partial charge on any atom is 0.264 e. The Morgan fingerprint density at radius 2 is 1.89 bits per heavy atom. The van der Waals surface area contributed by atoms with E-state index in [0.717, 1.165) is 11.1 Å². The van der Waals surface area contributed by atoms with Crippen LogP contribution in [0.2, 0.25) is 5.02 Å². The van der Waals surface area contributed by atoms with Gasteiger partial charge in [-0.1, -0.05) is 54.1 Å². The number of hydrazine groups is 1. The van der Waals surface area contributed by atoms with Gasteiger partial charge < -0.3 is 10.6 Å². The molecular weight excluding hydrogens is 364 g/mol. The Balaban J connectivity index is 1.47. The highest BCUT2D eigenvalue weighted by atomic mass is 35.5. The maximum atomic E-state index is 12.7. The normalized spacial score (nSPS) is 21.3. The molecule has 3 N–H and O–H groups in total. The summed E-state index contributed by atoms with van der Waals surface area (Å²) >= 11 is 5.94. The Morgan fingerprint density at radius 1 is 1.15 bits per heavy atom. The number of nitrogens with one attached hydrogen (secondary N) is 3. The van der Waals surface area contributed by atoms with Crippen molar-refractivity contribution >= 4 is 29.1 Å². The second-order valence-electron chi connectivity index (χ2n) is 6.53. The molecule has 2 atom stereocenters. The van der Waals surface area contributed by atoms with Gasteiger partial charge >= 0.3 is 0 Å². The number of hydrogen-bond acceptors (Lipinski definition) is 4. The van der Waals surface area contributed by atoms with Gasteiger partial charge in [-0.05, 0) is 23.3 Å². The molecule has 27 heavy (non-hydrogen) atoms. The summed E-state index contributed by atoms with van der Waals surface area (Å²) < 4.78 is 0. The molecule has 0 radical (unpaired) electrons. The first-order valence-corrected chi connectivity index (χ1v) is 9.12. The zero-order chi connectivity index (χ0) is 18.8. The molecule has 2 aliphatic heterocycles. The average molecular weight is 383 g/mol. The number of amides is 2. The van der Waals surface area contributed by atoms with E-state index in [1.165, 1.54) is 11.1 Å². The molecule has 0 saturated carbocycles. The van der Waals surface area contributed by atoms with Gasteiger partial charge in [0, 0.05) is 29.9 Å². The lowest BCUT2D eigenvalue weighted by Crippen LogP contribution is -2.54. The molecule has 2 heterocycles. The van der Waals surface area contributed by atoms with E-state index in [4.69, 9.17) is 11.6 Å². The summed E-state index contributed by atoms with van der Waals surface area (Å²) in [4.78, 5) is 25.2. The number of hydrogen-bond donors (Lipinski definition) is 3. The van der Waals surface area contributed by atoms with Crippen molar-refractivity contribution in [2.45, 2.75) is 12.7 Å². The lowest BCUT2D eigenvalue weighted by molar-refractivity contribution is -0.132. The third-order valence-electron chi connectivity index (χ3n) is 4.75. The van der Waals surface area contributed by atoms with Crippen LogP contribution >= 0.6 is 11.6 Å². The number of rotatable bonds is 4. The smallest absolute Gasteiger partial charge is 0.264 e. The minimum atomic E-state index is -0.441. The number of nitrogens with zero attached hydrogens (tertiary/aromatic N) is 1. The van der Waals surface area contributed by atoms with Gasteiger partial charge in [0.2, 0.25) is 5.91 Å². The maximum absolute atomic E-state index is 12.7. The highest BCUT2D eigenvalue weighted by molar-refractivity contribution is 6.30. The summed E-state index contributed by atoms with van der Waals surface area (Å²) in [6.45, 7) is 0.850. The van der Waals surface area contributed by atoms with Crippen LogP contribution in [0.1, 0.15) is 11.1 Å². The predicted octanol–water partition coefficient (Wildman–Crippen LogP) is 1.89. The molecule has 138 valence electrons. The quantitative estimate of drug-likeness (QED) is 0.755. The minimum Gasteiger partial charge on any atom is -0.363 e. The van der Waals surface area contributed by atoms with Crippen LogP contribution in [0.4, 0.5) is 0 Å². The van der Waals surface area contributed by atoms with E-state index in [2.05, 4.69) is 16.1 Å². The molecule has 2 unspecified atom stereocenters. The van der Waals surface area contributed by atoms with Crippen molar-refractivity contribution < 1.29 is 9.59 Å². The van der Waals surface area contributed by atoms with Crippen molar-refractivity contribution in [3.8, 4) is 0 Å². The molecule has 4 rings (SSSR count). The fraction of sp³-hybridized carbons (Fsp3) is 0.200. The largest absolute Gasteiger partial charge is 0.363 e. The van der Waals surface area contributed by atoms with Gasteiger partial charge in [-0.2, -0.15) is 0 Å². The zero-order valence-electron chi connectivity index (χ0n) is 14.5. The molecular formula is C20H19ClN4O2. The van der Waals surface area contributed by atoms with Crippen molar-refractivity contribution in [2.24, 2.45) is 5.92 Å². The molecule has 2 aliphatic rings. The fourth-order valence-corrected chi connectivity index (χ4v) is 3.44. The van der Waals surface area contributed by atoms with E-state index in [1.807, 2.05) is 42.5 Å². The minimum absolute atomic E-state index is 0.100. The fourth-order valence-electron chi connectivity index (χ4n) is 3.31. The number of carbonyl (C=O) groups excluding carboxylic acids is 2. The molecule has 0 aromatic heterocycles. The Hall–Kier alpha value is -2.83. The van der Waals surface area contributed by atoms with Crippen LogP contribution in [0.5, 0.6) is 0 Å². The highest BCUT2D eigenvalue weighted by Gasteiger charge is 2.43. The second kappa shape index (κ2) is 7.42. The first kappa shape index (κ1) is 17.6. The van der Waals surface area contributed by atoms with Crippen molar-refractivity contribution in [1.82, 2.24) is 21.1 Å². The predicted molar refractivity (Wildman–Crippen MR) is 103 cm³/mol. The summed E-state index contributed by atoms with van der Waals surface area (Å²) in [6, 6.07) is 17.0. The Bertz CT molecular complexity index is 883. The van der Waals surface area contributed by atoms with Gasteiger partial charge in [0.15, 0.2) is 0 Å². The Labute approximate surface area is 162 Å². The first-order valence-electron chi connectivity index (χ1n) is 8.74. The molecule has 0 bridgehead atoms. The second-order valence-corrected chi connectivity index (χ2v) is 6.97. The molecule has 1 saturated heterocycles. The third-order valence-corrected chi connectivity index (χ3v) is 5.00. The molecule has 6 nitrogen and oxygen atoms in total. The van der Waals surface area contributed by atoms with Crippen LogP contribution in [0.3, 0.4) is 0 Å². The average Bonchev–Trinajstić information content (AvgIpc) is 3.12. The van der Waals surface area contributed by atoms with Crippen molar-refractivity contribution in [2.75, 3.05) is 6.54 Å². The number of benzene rings is 2. The van der Waals surface area contributed by atoms with E-state index in [1.54, 1.807) is 12.1 Å². The molecule has 2 aromatic carbocycles. The summed E-state index contributed by atoms with van der Waals surface area (Å²) in [7, 11) is 0. The van der Waals surface area contributed by atoms with Gasteiger partial charge in [-0.15, -0.1) is 0 Å². The molecule has 2 amide bonds. The van der Waals surface area contributed by atoms with E-state index >= 15 is 0 Å². The lowest BCUT2D eigenvalue weighted by Gasteiger charge is -2.32. The van der Waals surface area contributed by atoms with E-state index in [-0.39, 0.29) is 11.8 Å². The topological polar surface area (TPSA) is 73.5 Å². The van der Waals surface area contributed by atoms with Crippen molar-refractivity contribution in [3.63, 3.8) is 0 Å². The Morgan fingerprint density at radius 3 is 2.63 bits per heavy atom. The summed E-state index contributed by atoms with van der Waals surface area (Å²) in [5.41, 5.74) is 5.58. The summed E-state index contributed by atoms with van der Waals surface area (Å²) in [6.07, 6.45) is 1.08. The lowest BCUT2D eigenvalue weighted by atomic mass is 10.0. The van der Waals surface area contributed by atoms with Crippen LogP contribution < -0.4 is 16.1 Å². The SMILES string of the molecule is O=C(NCc1ccccc1)C1CNN2C(=O)C=C(c3ccc(Cl)cc3)NC12. The van der Waals surface area contributed by atoms with E-state index in [0.29, 0.717) is 23.8 Å². The van der Waals surface area contributed by atoms with Gasteiger partial charge in [-0.3, -0.25) is 14.6 Å². The van der Waals surface area contributed by atoms with Gasteiger partial charge in [0.1, 0.15) is 6.17 Å². The van der Waals surface area contributed by atoms with Crippen molar-refractivity contribution in [3.05, 3.63) is 76.8 Å². The van der Waals surface area contributed by atoms with Crippen molar-refractivity contribution in [1.29, 1.82) is 0 Å². The highest BCUT2D eigenvalue weighted by Crippen LogP contribution is 2.25. The monoisotopic (exact) mass is 382 g/mol. The molecule has 7 heteroatoms. The third kappa shape index (κ3) is 3.67. The van der Waals surface area contributed by atoms with Gasteiger partial charge in [0.05, 0.1) is 5.92 Å². The van der Waals surface area contributed by atoms with Crippen LogP contribution in [0.15, 0.2) is 60.7 Å². The number of halogens is 1. The standard InChI is InChI=1S/C20H19ClN4O2/c21-15-8-6-14(7-9-15)17-10-18(26)25-19(24-17)16(12-23-25)20(27)22-11-13-4-2-1-3-5-13/h1-10,16,19,23-24H,11-12H2,(H,22,27). The van der Waals surface area contributed by atoms with E-state index in [9.17, 15) is 9.59 Å². The summed E-state index contributed by atoms with van der Waals surface area (Å²) in [5, 5.41) is 8.37. The zero-order valence-corrected chi connectivity index (χ0v) is 15.2. The number of fused-ring (bicyclic) bond motifs is 1. The molecule has 2 aromatic rings. The summed E-state index contributed by atoms with van der Waals surface area (Å²) in [5.74, 6) is -0.674. The Kier molecular flexibility index (Phi) is 4.83. The molecule has 0 spiro atoms. The van der Waals surface area contributed by atoms with Crippen LogP contribution in [0, 0.1) is 5.92 Å². The molecule has 1 fully saturated rings. The first-order chi connectivity index (χ1) is 13.1. The van der Waals surface area contributed by atoms with Crippen LogP contribution in [0.25, 0.3) is 5.70 Å². The number of carbonyl (C=O) groups is 2. The van der Waals surface area contributed by atoms with Gasteiger partial charge in [0.25, 0.3) is 5.91 Å². The van der Waals surface area contributed by atoms with Crippen LogP contribution in [-0.2, 0) is 16.1 Å². The van der Waals surface area contributed by atoms with Crippen LogP contribution in [-0.4, -0.2) is 29.5 Å². The van der Waals surface area contributed by atoms with E-state index < -0.39 is 12.1 Å².